The van der Waals surface area contributed by atoms with E-state index in [-0.39, 0.29) is 5.92 Å². The molecule has 3 nitrogen and oxygen atoms in total. The molecule has 3 heteroatoms. The van der Waals surface area contributed by atoms with Gasteiger partial charge < -0.3 is 10.6 Å². The first-order valence-corrected chi connectivity index (χ1v) is 6.17. The third kappa shape index (κ3) is 2.33. The topological polar surface area (TPSA) is 41.1 Å². The van der Waals surface area contributed by atoms with Gasteiger partial charge in [-0.15, -0.1) is 0 Å². The number of piperidine rings is 1. The fraction of sp³-hybridized carbons (Fsp3) is 0.917. The van der Waals surface area contributed by atoms with Crippen LogP contribution < -0.4 is 10.6 Å². The zero-order chi connectivity index (χ0) is 10.9. The maximum absolute atomic E-state index is 11.9. The summed E-state index contributed by atoms with van der Waals surface area (Å²) in [6.45, 7) is 6.48. The summed E-state index contributed by atoms with van der Waals surface area (Å²) >= 11 is 0. The van der Waals surface area contributed by atoms with Gasteiger partial charge in [-0.3, -0.25) is 4.79 Å². The second-order valence-corrected chi connectivity index (χ2v) is 5.30. The molecular weight excluding hydrogens is 188 g/mol. The van der Waals surface area contributed by atoms with Crippen molar-refractivity contribution in [2.45, 2.75) is 45.6 Å². The fourth-order valence-electron chi connectivity index (χ4n) is 2.48. The molecule has 1 heterocycles. The molecule has 86 valence electrons. The van der Waals surface area contributed by atoms with Crippen LogP contribution in [-0.4, -0.2) is 25.0 Å². The molecule has 0 radical (unpaired) electrons. The van der Waals surface area contributed by atoms with E-state index in [1.807, 2.05) is 0 Å². The largest absolute Gasteiger partial charge is 0.353 e. The van der Waals surface area contributed by atoms with Crippen LogP contribution in [-0.2, 0) is 4.79 Å². The molecule has 0 spiro atoms. The summed E-state index contributed by atoms with van der Waals surface area (Å²) in [5, 5.41) is 6.50. The molecule has 0 bridgehead atoms. The lowest BCUT2D eigenvalue weighted by Gasteiger charge is -2.24. The number of amides is 1. The summed E-state index contributed by atoms with van der Waals surface area (Å²) in [6.07, 6.45) is 4.38. The van der Waals surface area contributed by atoms with Crippen LogP contribution in [0.2, 0.25) is 0 Å². The molecule has 1 aliphatic heterocycles. The number of rotatable bonds is 3. The third-order valence-electron chi connectivity index (χ3n) is 4.16. The van der Waals surface area contributed by atoms with E-state index < -0.39 is 0 Å². The second kappa shape index (κ2) is 4.12. The summed E-state index contributed by atoms with van der Waals surface area (Å²) in [6, 6.07) is 0.417. The normalized spacial score (nSPS) is 36.3. The van der Waals surface area contributed by atoms with Gasteiger partial charge in [0.1, 0.15) is 0 Å². The minimum Gasteiger partial charge on any atom is -0.353 e. The van der Waals surface area contributed by atoms with Gasteiger partial charge in [-0.25, -0.2) is 0 Å². The highest BCUT2D eigenvalue weighted by molar-refractivity contribution is 5.82. The number of hydrogen-bond donors (Lipinski definition) is 2. The maximum atomic E-state index is 11.9. The molecule has 2 fully saturated rings. The summed E-state index contributed by atoms with van der Waals surface area (Å²) in [5.41, 5.74) is 0.303. The molecule has 1 aliphatic carbocycles. The van der Waals surface area contributed by atoms with E-state index in [9.17, 15) is 4.79 Å². The van der Waals surface area contributed by atoms with Gasteiger partial charge >= 0.3 is 0 Å². The lowest BCUT2D eigenvalue weighted by atomic mass is 10.0. The fourth-order valence-corrected chi connectivity index (χ4v) is 2.48. The van der Waals surface area contributed by atoms with Gasteiger partial charge in [-0.1, -0.05) is 13.8 Å². The van der Waals surface area contributed by atoms with Crippen molar-refractivity contribution in [1.29, 1.82) is 0 Å². The van der Waals surface area contributed by atoms with Gasteiger partial charge in [0.15, 0.2) is 0 Å². The van der Waals surface area contributed by atoms with Crippen molar-refractivity contribution >= 4 is 5.91 Å². The Bertz CT molecular complexity index is 248. The first kappa shape index (κ1) is 10.9. The lowest BCUT2D eigenvalue weighted by molar-refractivity contribution is -0.123. The van der Waals surface area contributed by atoms with Crippen LogP contribution in [0.4, 0.5) is 0 Å². The van der Waals surface area contributed by atoms with Crippen LogP contribution in [0.15, 0.2) is 0 Å². The molecule has 0 aromatic carbocycles. The summed E-state index contributed by atoms with van der Waals surface area (Å²) in [4.78, 5) is 11.9. The third-order valence-corrected chi connectivity index (χ3v) is 4.16. The van der Waals surface area contributed by atoms with E-state index in [0.717, 1.165) is 38.8 Å². The van der Waals surface area contributed by atoms with Crippen molar-refractivity contribution in [1.82, 2.24) is 10.6 Å². The van der Waals surface area contributed by atoms with E-state index >= 15 is 0 Å². The van der Waals surface area contributed by atoms with Gasteiger partial charge in [0.2, 0.25) is 5.91 Å². The molecule has 15 heavy (non-hydrogen) atoms. The number of carbonyl (C=O) groups excluding carboxylic acids is 1. The molecule has 0 aromatic rings. The molecule has 2 unspecified atom stereocenters. The Morgan fingerprint density at radius 2 is 2.13 bits per heavy atom. The van der Waals surface area contributed by atoms with Gasteiger partial charge in [0.05, 0.1) is 0 Å². The van der Waals surface area contributed by atoms with Gasteiger partial charge in [0.25, 0.3) is 0 Å². The molecule has 1 saturated heterocycles. The van der Waals surface area contributed by atoms with Crippen molar-refractivity contribution in [3.05, 3.63) is 0 Å². The molecule has 2 rings (SSSR count). The smallest absolute Gasteiger partial charge is 0.223 e. The molecule has 2 aliphatic rings. The number of hydrogen-bond acceptors (Lipinski definition) is 2. The van der Waals surface area contributed by atoms with Gasteiger partial charge in [-0.2, -0.15) is 0 Å². The Hall–Kier alpha value is -0.570. The van der Waals surface area contributed by atoms with Crippen molar-refractivity contribution in [2.24, 2.45) is 11.3 Å². The summed E-state index contributed by atoms with van der Waals surface area (Å²) in [5.74, 6) is 0.587. The minimum atomic E-state index is 0.289. The lowest BCUT2D eigenvalue weighted by Crippen LogP contribution is -2.43. The van der Waals surface area contributed by atoms with E-state index in [1.54, 1.807) is 0 Å². The maximum Gasteiger partial charge on any atom is 0.223 e. The quantitative estimate of drug-likeness (QED) is 0.737. The predicted molar refractivity (Wildman–Crippen MR) is 60.5 cm³/mol. The van der Waals surface area contributed by atoms with Crippen LogP contribution in [0, 0.1) is 11.3 Å². The van der Waals surface area contributed by atoms with Gasteiger partial charge in [0, 0.05) is 12.0 Å². The molecule has 2 atom stereocenters. The Morgan fingerprint density at radius 1 is 1.47 bits per heavy atom. The highest BCUT2D eigenvalue weighted by Gasteiger charge is 2.53. The number of nitrogens with one attached hydrogen (secondary N) is 2. The van der Waals surface area contributed by atoms with Gasteiger partial charge in [-0.05, 0) is 44.2 Å². The Labute approximate surface area is 92.0 Å². The van der Waals surface area contributed by atoms with E-state index in [2.05, 4.69) is 24.5 Å². The highest BCUT2D eigenvalue weighted by atomic mass is 16.2. The van der Waals surface area contributed by atoms with E-state index in [4.69, 9.17) is 0 Å². The SMILES string of the molecule is CCC1(C)CC1C(=O)NC1CCNCC1. The molecule has 1 amide bonds. The van der Waals surface area contributed by atoms with Crippen LogP contribution in [0.25, 0.3) is 0 Å². The Kier molecular flexibility index (Phi) is 3.01. The summed E-state index contributed by atoms with van der Waals surface area (Å²) in [7, 11) is 0. The van der Waals surface area contributed by atoms with Crippen LogP contribution in [0.5, 0.6) is 0 Å². The van der Waals surface area contributed by atoms with Crippen LogP contribution in [0.3, 0.4) is 0 Å². The molecule has 0 aromatic heterocycles. The van der Waals surface area contributed by atoms with E-state index in [0.29, 0.717) is 17.4 Å². The van der Waals surface area contributed by atoms with Crippen molar-refractivity contribution < 1.29 is 4.79 Å². The van der Waals surface area contributed by atoms with Crippen molar-refractivity contribution in [3.63, 3.8) is 0 Å². The molecular formula is C12H22N2O. The minimum absolute atomic E-state index is 0.289. The standard InChI is InChI=1S/C12H22N2O/c1-3-12(2)8-10(12)11(15)14-9-4-6-13-7-5-9/h9-10,13H,3-8H2,1-2H3,(H,14,15). The van der Waals surface area contributed by atoms with Crippen LogP contribution in [0.1, 0.15) is 39.5 Å². The molecule has 1 saturated carbocycles. The Balaban J connectivity index is 1.78. The summed E-state index contributed by atoms with van der Waals surface area (Å²) < 4.78 is 0. The average Bonchev–Trinajstić information content (AvgIpc) is 2.93. The highest BCUT2D eigenvalue weighted by Crippen LogP contribution is 2.54. The molecule has 2 N–H and O–H groups in total. The predicted octanol–water partition coefficient (Wildman–Crippen LogP) is 1.29. The zero-order valence-corrected chi connectivity index (χ0v) is 9.81. The monoisotopic (exact) mass is 210 g/mol. The second-order valence-electron chi connectivity index (χ2n) is 5.30. The van der Waals surface area contributed by atoms with Crippen molar-refractivity contribution in [3.8, 4) is 0 Å². The van der Waals surface area contributed by atoms with E-state index in [1.165, 1.54) is 0 Å². The van der Waals surface area contributed by atoms with Crippen molar-refractivity contribution in [2.75, 3.05) is 13.1 Å². The zero-order valence-electron chi connectivity index (χ0n) is 9.81. The first-order valence-electron chi connectivity index (χ1n) is 6.17. The number of carbonyl (C=O) groups is 1. The first-order chi connectivity index (χ1) is 7.15. The average molecular weight is 210 g/mol. The van der Waals surface area contributed by atoms with Crippen LogP contribution >= 0.6 is 0 Å². The Morgan fingerprint density at radius 3 is 2.67 bits per heavy atom.